The maximum Gasteiger partial charge on any atom is 0.250 e. The van der Waals surface area contributed by atoms with Crippen LogP contribution in [-0.2, 0) is 0 Å². The minimum absolute atomic E-state index is 0.328. The van der Waals surface area contributed by atoms with E-state index in [-0.39, 0.29) is 5.91 Å². The molecular formula is C28H37N3O. The van der Waals surface area contributed by atoms with Crippen molar-refractivity contribution < 1.29 is 4.79 Å². The number of nitrogens with two attached hydrogens (primary N) is 1. The molecule has 1 unspecified atom stereocenters. The number of hydrogen-bond acceptors (Lipinski definition) is 3. The molecule has 170 valence electrons. The zero-order valence-electron chi connectivity index (χ0n) is 19.6. The Morgan fingerprint density at radius 3 is 2.38 bits per heavy atom. The zero-order chi connectivity index (χ0) is 22.3. The van der Waals surface area contributed by atoms with Crippen LogP contribution in [0.1, 0.15) is 85.8 Å². The monoisotopic (exact) mass is 431 g/mol. The van der Waals surface area contributed by atoms with Crippen LogP contribution in [0.25, 0.3) is 0 Å². The van der Waals surface area contributed by atoms with Gasteiger partial charge in [-0.15, -0.1) is 0 Å². The summed E-state index contributed by atoms with van der Waals surface area (Å²) in [5.41, 5.74) is 10.8. The van der Waals surface area contributed by atoms with Crippen LogP contribution in [0.5, 0.6) is 0 Å². The van der Waals surface area contributed by atoms with Crippen molar-refractivity contribution in [2.24, 2.45) is 11.1 Å². The first-order chi connectivity index (χ1) is 15.5. The summed E-state index contributed by atoms with van der Waals surface area (Å²) >= 11 is 0. The van der Waals surface area contributed by atoms with Gasteiger partial charge in [-0.05, 0) is 79.7 Å². The van der Waals surface area contributed by atoms with Crippen molar-refractivity contribution in [2.45, 2.75) is 70.4 Å². The minimum atomic E-state index is -0.328. The van der Waals surface area contributed by atoms with Gasteiger partial charge in [-0.1, -0.05) is 50.2 Å². The van der Waals surface area contributed by atoms with Crippen LogP contribution >= 0.6 is 0 Å². The molecule has 1 aliphatic carbocycles. The lowest BCUT2D eigenvalue weighted by molar-refractivity contribution is -0.0509. The molecule has 4 nitrogen and oxygen atoms in total. The number of hydrogen-bond donors (Lipinski definition) is 1. The van der Waals surface area contributed by atoms with E-state index >= 15 is 0 Å². The number of carbonyl (C=O) groups is 1. The van der Waals surface area contributed by atoms with Gasteiger partial charge in [0, 0.05) is 30.9 Å². The summed E-state index contributed by atoms with van der Waals surface area (Å²) in [6, 6.07) is 18.2. The number of amides is 1. The molecule has 0 bridgehead atoms. The Hall–Kier alpha value is -2.33. The topological polar surface area (TPSA) is 49.6 Å². The number of nitrogens with zero attached hydrogens (tertiary/aromatic N) is 2. The van der Waals surface area contributed by atoms with E-state index < -0.39 is 0 Å². The molecule has 2 saturated heterocycles. The highest BCUT2D eigenvalue weighted by molar-refractivity contribution is 5.98. The molecule has 2 heterocycles. The summed E-state index contributed by atoms with van der Waals surface area (Å²) in [5, 5.41) is 0. The smallest absolute Gasteiger partial charge is 0.250 e. The number of likely N-dealkylation sites (tertiary alicyclic amines) is 1. The number of piperidine rings is 1. The van der Waals surface area contributed by atoms with Gasteiger partial charge in [0.05, 0.1) is 5.56 Å². The summed E-state index contributed by atoms with van der Waals surface area (Å²) in [4.78, 5) is 17.2. The van der Waals surface area contributed by atoms with Crippen molar-refractivity contribution in [1.82, 2.24) is 4.90 Å². The number of anilines is 1. The van der Waals surface area contributed by atoms with E-state index in [1.165, 1.54) is 50.6 Å². The highest BCUT2D eigenvalue weighted by Crippen LogP contribution is 2.55. The standard InChI is InChI=1S/C28H37N3O/c1-20(2)21-8-3-4-9-22(21)25-12-7-17-31(25)26-13-14-28(26)15-18-30(19-16-28)24-11-6-5-10-23(24)27(29)32/h3-6,8-11,20,25-26H,7,12-19H2,1-2H3,(H2,29,32)/t25?,26-/m0/s1. The summed E-state index contributed by atoms with van der Waals surface area (Å²) in [6.45, 7) is 7.91. The van der Waals surface area contributed by atoms with Crippen molar-refractivity contribution in [2.75, 3.05) is 24.5 Å². The van der Waals surface area contributed by atoms with E-state index in [1.807, 2.05) is 18.2 Å². The Balaban J connectivity index is 1.33. The minimum Gasteiger partial charge on any atom is -0.371 e. The molecule has 2 aromatic carbocycles. The predicted octanol–water partition coefficient (Wildman–Crippen LogP) is 5.50. The average Bonchev–Trinajstić information content (AvgIpc) is 3.27. The van der Waals surface area contributed by atoms with Gasteiger partial charge in [0.15, 0.2) is 0 Å². The fraction of sp³-hybridized carbons (Fsp3) is 0.536. The van der Waals surface area contributed by atoms with Gasteiger partial charge in [0.25, 0.3) is 5.91 Å². The van der Waals surface area contributed by atoms with Crippen LogP contribution in [0.4, 0.5) is 5.69 Å². The van der Waals surface area contributed by atoms with E-state index in [1.54, 1.807) is 5.56 Å². The number of primary amides is 1. The van der Waals surface area contributed by atoms with Crippen LogP contribution in [0.15, 0.2) is 48.5 Å². The van der Waals surface area contributed by atoms with Crippen LogP contribution in [0.3, 0.4) is 0 Å². The summed E-state index contributed by atoms with van der Waals surface area (Å²) < 4.78 is 0. The van der Waals surface area contributed by atoms with Crippen molar-refractivity contribution in [1.29, 1.82) is 0 Å². The van der Waals surface area contributed by atoms with Crippen molar-refractivity contribution in [3.05, 3.63) is 65.2 Å². The van der Waals surface area contributed by atoms with Gasteiger partial charge >= 0.3 is 0 Å². The van der Waals surface area contributed by atoms with Crippen molar-refractivity contribution in [3.8, 4) is 0 Å². The Morgan fingerprint density at radius 2 is 1.69 bits per heavy atom. The molecule has 2 N–H and O–H groups in total. The van der Waals surface area contributed by atoms with E-state index in [4.69, 9.17) is 5.73 Å². The molecular weight excluding hydrogens is 394 g/mol. The first kappa shape index (κ1) is 21.5. The largest absolute Gasteiger partial charge is 0.371 e. The number of benzene rings is 2. The number of carbonyl (C=O) groups excluding carboxylic acids is 1. The molecule has 2 aliphatic heterocycles. The second kappa shape index (κ2) is 8.55. The quantitative estimate of drug-likeness (QED) is 0.680. The van der Waals surface area contributed by atoms with E-state index in [9.17, 15) is 4.79 Å². The second-order valence-electron chi connectivity index (χ2n) is 10.5. The molecule has 2 aromatic rings. The van der Waals surface area contributed by atoms with Gasteiger partial charge in [-0.3, -0.25) is 9.69 Å². The van der Waals surface area contributed by atoms with Gasteiger partial charge in [-0.2, -0.15) is 0 Å². The molecule has 1 amide bonds. The predicted molar refractivity (Wildman–Crippen MR) is 131 cm³/mol. The SMILES string of the molecule is CC(C)c1ccccc1C1CCCN1[C@H]1CCC12CCN(c1ccccc1C(N)=O)CC2. The molecule has 1 saturated carbocycles. The summed E-state index contributed by atoms with van der Waals surface area (Å²) in [6.07, 6.45) is 7.69. The molecule has 2 atom stereocenters. The summed E-state index contributed by atoms with van der Waals surface area (Å²) in [7, 11) is 0. The van der Waals surface area contributed by atoms with E-state index in [0.29, 0.717) is 29.0 Å². The van der Waals surface area contributed by atoms with Gasteiger partial charge in [0.1, 0.15) is 0 Å². The lowest BCUT2D eigenvalue weighted by Gasteiger charge is -2.58. The highest BCUT2D eigenvalue weighted by atomic mass is 16.1. The van der Waals surface area contributed by atoms with Crippen LogP contribution in [-0.4, -0.2) is 36.5 Å². The normalized spacial score (nSPS) is 25.3. The molecule has 1 spiro atoms. The molecule has 5 rings (SSSR count). The Bertz CT molecular complexity index is 976. The molecule has 3 fully saturated rings. The maximum atomic E-state index is 11.9. The molecule has 4 heteroatoms. The van der Waals surface area contributed by atoms with E-state index in [2.05, 4.69) is 54.0 Å². The molecule has 0 aromatic heterocycles. The second-order valence-corrected chi connectivity index (χ2v) is 10.5. The maximum absolute atomic E-state index is 11.9. The molecule has 0 radical (unpaired) electrons. The fourth-order valence-corrected chi connectivity index (χ4v) is 6.77. The third kappa shape index (κ3) is 3.63. The number of para-hydroxylation sites is 1. The van der Waals surface area contributed by atoms with E-state index in [0.717, 1.165) is 18.8 Å². The molecule has 3 aliphatic rings. The Kier molecular flexibility index (Phi) is 5.75. The highest BCUT2D eigenvalue weighted by Gasteiger charge is 2.52. The van der Waals surface area contributed by atoms with Crippen molar-refractivity contribution in [3.63, 3.8) is 0 Å². The average molecular weight is 432 g/mol. The van der Waals surface area contributed by atoms with Crippen LogP contribution < -0.4 is 10.6 Å². The lowest BCUT2D eigenvalue weighted by Crippen LogP contribution is -2.59. The summed E-state index contributed by atoms with van der Waals surface area (Å²) in [5.74, 6) is 0.240. The zero-order valence-corrected chi connectivity index (χ0v) is 19.6. The lowest BCUT2D eigenvalue weighted by atomic mass is 9.58. The third-order valence-corrected chi connectivity index (χ3v) is 8.56. The van der Waals surface area contributed by atoms with Gasteiger partial charge < -0.3 is 10.6 Å². The Morgan fingerprint density at radius 1 is 0.969 bits per heavy atom. The van der Waals surface area contributed by atoms with Crippen molar-refractivity contribution >= 4 is 11.6 Å². The van der Waals surface area contributed by atoms with Gasteiger partial charge in [-0.25, -0.2) is 0 Å². The van der Waals surface area contributed by atoms with Crippen LogP contribution in [0.2, 0.25) is 0 Å². The molecule has 32 heavy (non-hydrogen) atoms. The fourth-order valence-electron chi connectivity index (χ4n) is 6.77. The Labute approximate surface area is 192 Å². The number of rotatable bonds is 5. The van der Waals surface area contributed by atoms with Gasteiger partial charge in [0.2, 0.25) is 0 Å². The van der Waals surface area contributed by atoms with Crippen LogP contribution in [0, 0.1) is 5.41 Å². The first-order valence-electron chi connectivity index (χ1n) is 12.5. The third-order valence-electron chi connectivity index (χ3n) is 8.56. The first-order valence-corrected chi connectivity index (χ1v) is 12.5.